The largest absolute Gasteiger partial charge is 0.497 e. The fourth-order valence-electron chi connectivity index (χ4n) is 5.94. The number of aromatic nitrogens is 1. The van der Waals surface area contributed by atoms with Crippen molar-refractivity contribution in [3.05, 3.63) is 65.1 Å². The van der Waals surface area contributed by atoms with Crippen LogP contribution in [0.15, 0.2) is 36.5 Å². The summed E-state index contributed by atoms with van der Waals surface area (Å²) in [6.07, 6.45) is 2.71. The molecular formula is C31H37F4N3O3. The van der Waals surface area contributed by atoms with Crippen LogP contribution in [0.1, 0.15) is 55.8 Å². The monoisotopic (exact) mass is 575 g/mol. The quantitative estimate of drug-likeness (QED) is 0.191. The number of piperidine rings is 1. The number of carboxylic acids is 1. The molecule has 3 aromatic rings. The molecule has 2 aromatic carbocycles. The summed E-state index contributed by atoms with van der Waals surface area (Å²) < 4.78 is 62.5. The number of pyridine rings is 1. The van der Waals surface area contributed by atoms with Crippen LogP contribution in [0.2, 0.25) is 0 Å². The van der Waals surface area contributed by atoms with E-state index >= 15 is 4.39 Å². The van der Waals surface area contributed by atoms with E-state index in [9.17, 15) is 23.1 Å². The van der Waals surface area contributed by atoms with Gasteiger partial charge in [0.05, 0.1) is 30.9 Å². The van der Waals surface area contributed by atoms with Crippen LogP contribution in [-0.2, 0) is 11.2 Å². The van der Waals surface area contributed by atoms with Crippen LogP contribution in [0.3, 0.4) is 0 Å². The molecule has 1 N–H and O–H groups in total. The third kappa shape index (κ3) is 7.28. The normalized spacial score (nSPS) is 16.1. The van der Waals surface area contributed by atoms with Crippen LogP contribution in [0.5, 0.6) is 5.75 Å². The van der Waals surface area contributed by atoms with Crippen LogP contribution in [0.25, 0.3) is 10.9 Å². The molecular weight excluding hydrogens is 538 g/mol. The highest BCUT2D eigenvalue weighted by atomic mass is 19.2. The molecule has 2 heterocycles. The lowest BCUT2D eigenvalue weighted by Gasteiger charge is -2.41. The second-order valence-electron chi connectivity index (χ2n) is 11.2. The molecule has 4 rings (SSSR count). The van der Waals surface area contributed by atoms with Gasteiger partial charge in [-0.3, -0.25) is 9.78 Å². The number of methoxy groups -OCH3 is 1. The highest BCUT2D eigenvalue weighted by molar-refractivity contribution is 5.88. The number of fused-ring (bicyclic) bond motifs is 1. The van der Waals surface area contributed by atoms with Crippen molar-refractivity contribution in [2.75, 3.05) is 45.7 Å². The molecule has 0 aliphatic carbocycles. The Hall–Kier alpha value is -3.40. The first-order chi connectivity index (χ1) is 19.5. The predicted octanol–water partition coefficient (Wildman–Crippen LogP) is 6.71. The van der Waals surface area contributed by atoms with E-state index in [0.29, 0.717) is 79.3 Å². The van der Waals surface area contributed by atoms with Crippen molar-refractivity contribution in [2.24, 2.45) is 5.41 Å². The Kier molecular flexibility index (Phi) is 9.73. The highest BCUT2D eigenvalue weighted by Crippen LogP contribution is 2.44. The third-order valence-electron chi connectivity index (χ3n) is 8.25. The van der Waals surface area contributed by atoms with Gasteiger partial charge in [-0.15, -0.1) is 0 Å². The number of rotatable bonds is 12. The number of hydrogen-bond acceptors (Lipinski definition) is 5. The topological polar surface area (TPSA) is 65.9 Å². The van der Waals surface area contributed by atoms with Gasteiger partial charge < -0.3 is 19.6 Å². The minimum Gasteiger partial charge on any atom is -0.497 e. The predicted molar refractivity (Wildman–Crippen MR) is 151 cm³/mol. The first-order valence-corrected chi connectivity index (χ1v) is 13.9. The van der Waals surface area contributed by atoms with Gasteiger partial charge in [0.25, 0.3) is 0 Å². The van der Waals surface area contributed by atoms with Gasteiger partial charge in [0.1, 0.15) is 17.7 Å². The van der Waals surface area contributed by atoms with E-state index in [0.717, 1.165) is 6.07 Å². The van der Waals surface area contributed by atoms with Gasteiger partial charge in [0.2, 0.25) is 0 Å². The van der Waals surface area contributed by atoms with E-state index in [2.05, 4.69) is 9.88 Å². The summed E-state index contributed by atoms with van der Waals surface area (Å²) in [5.74, 6) is -3.34. The molecule has 0 saturated carbocycles. The molecule has 1 atom stereocenters. The number of carbonyl (C=O) groups is 1. The lowest BCUT2D eigenvalue weighted by molar-refractivity contribution is -0.141. The fourth-order valence-corrected chi connectivity index (χ4v) is 5.94. The number of anilines is 1. The van der Waals surface area contributed by atoms with E-state index in [1.54, 1.807) is 31.5 Å². The van der Waals surface area contributed by atoms with E-state index in [1.807, 2.05) is 19.0 Å². The number of halogens is 4. The van der Waals surface area contributed by atoms with Gasteiger partial charge in [0, 0.05) is 31.1 Å². The molecule has 1 aromatic heterocycles. The fraction of sp³-hybridized carbons (Fsp3) is 0.484. The average molecular weight is 576 g/mol. The molecule has 222 valence electrons. The second-order valence-corrected chi connectivity index (χ2v) is 11.2. The van der Waals surface area contributed by atoms with Gasteiger partial charge in [-0.2, -0.15) is 0 Å². The number of aryl methyl sites for hydroxylation is 1. The summed E-state index contributed by atoms with van der Waals surface area (Å²) in [7, 11) is 5.22. The number of ether oxygens (including phenoxy) is 1. The van der Waals surface area contributed by atoms with Crippen molar-refractivity contribution < 1.29 is 32.2 Å². The number of aliphatic carboxylic acids is 1. The van der Waals surface area contributed by atoms with Crippen molar-refractivity contribution in [2.45, 2.75) is 51.1 Å². The van der Waals surface area contributed by atoms with Crippen molar-refractivity contribution in [3.8, 4) is 5.75 Å². The average Bonchev–Trinajstić information content (AvgIpc) is 2.94. The van der Waals surface area contributed by atoms with Crippen molar-refractivity contribution in [1.29, 1.82) is 0 Å². The van der Waals surface area contributed by atoms with Crippen LogP contribution in [-0.4, -0.2) is 61.8 Å². The molecule has 1 aliphatic rings. The Morgan fingerprint density at radius 2 is 1.90 bits per heavy atom. The molecule has 1 saturated heterocycles. The SMILES string of the molecule is COc1ccc2ncc(N(C)C)c(C(F)CCC3(CC(=O)O)CCN(CCCc4cc(F)cc(F)c4F)CC3)c2c1. The molecule has 0 radical (unpaired) electrons. The smallest absolute Gasteiger partial charge is 0.303 e. The maximum atomic E-state index is 16.1. The summed E-state index contributed by atoms with van der Waals surface area (Å²) in [6, 6.07) is 6.91. The minimum absolute atomic E-state index is 0.00655. The summed E-state index contributed by atoms with van der Waals surface area (Å²) in [5, 5.41) is 10.4. The first-order valence-electron chi connectivity index (χ1n) is 13.9. The Balaban J connectivity index is 1.43. The van der Waals surface area contributed by atoms with Crippen molar-refractivity contribution >= 4 is 22.6 Å². The number of likely N-dealkylation sites (tertiary alicyclic amines) is 1. The molecule has 10 heteroatoms. The number of benzene rings is 2. The molecule has 1 aliphatic heterocycles. The van der Waals surface area contributed by atoms with Crippen LogP contribution in [0.4, 0.5) is 23.2 Å². The van der Waals surface area contributed by atoms with Crippen molar-refractivity contribution in [1.82, 2.24) is 9.88 Å². The van der Waals surface area contributed by atoms with E-state index < -0.39 is 35.0 Å². The highest BCUT2D eigenvalue weighted by Gasteiger charge is 2.37. The number of alkyl halides is 1. The molecule has 0 amide bonds. The Morgan fingerprint density at radius 1 is 1.17 bits per heavy atom. The molecule has 0 spiro atoms. The van der Waals surface area contributed by atoms with Gasteiger partial charge >= 0.3 is 5.97 Å². The zero-order valence-corrected chi connectivity index (χ0v) is 23.7. The zero-order valence-electron chi connectivity index (χ0n) is 23.7. The van der Waals surface area contributed by atoms with Crippen LogP contribution >= 0.6 is 0 Å². The standard InChI is InChI=1S/C31H37F4N3O3/c1-37(2)27-19-36-26-7-6-22(41-3)17-23(26)29(27)24(33)8-9-31(18-28(39)40)10-13-38(14-11-31)12-4-5-20-15-21(32)16-25(34)30(20)35/h6-7,15-17,19,24H,4-5,8-14,18H2,1-3H3,(H,39,40). The van der Waals surface area contributed by atoms with Gasteiger partial charge in [-0.05, 0) is 93.4 Å². The third-order valence-corrected chi connectivity index (χ3v) is 8.25. The maximum Gasteiger partial charge on any atom is 0.303 e. The number of hydrogen-bond donors (Lipinski definition) is 1. The molecule has 41 heavy (non-hydrogen) atoms. The molecule has 1 unspecified atom stereocenters. The zero-order chi connectivity index (χ0) is 29.7. The second kappa shape index (κ2) is 13.1. The summed E-state index contributed by atoms with van der Waals surface area (Å²) >= 11 is 0. The van der Waals surface area contributed by atoms with E-state index in [1.165, 1.54) is 0 Å². The molecule has 1 fully saturated rings. The molecule has 6 nitrogen and oxygen atoms in total. The van der Waals surface area contributed by atoms with Gasteiger partial charge in [0.15, 0.2) is 11.6 Å². The number of carboxylic acid groups (broad SMARTS) is 1. The lowest BCUT2D eigenvalue weighted by atomic mass is 9.71. The van der Waals surface area contributed by atoms with E-state index in [-0.39, 0.29) is 24.8 Å². The summed E-state index contributed by atoms with van der Waals surface area (Å²) in [5.41, 5.74) is 1.29. The van der Waals surface area contributed by atoms with Gasteiger partial charge in [-0.1, -0.05) is 0 Å². The van der Waals surface area contributed by atoms with Gasteiger partial charge in [-0.25, -0.2) is 17.6 Å². The Morgan fingerprint density at radius 3 is 2.56 bits per heavy atom. The summed E-state index contributed by atoms with van der Waals surface area (Å²) in [6.45, 7) is 1.81. The first kappa shape index (κ1) is 30.6. The van der Waals surface area contributed by atoms with Crippen molar-refractivity contribution in [3.63, 3.8) is 0 Å². The van der Waals surface area contributed by atoms with E-state index in [4.69, 9.17) is 4.74 Å². The Labute approximate surface area is 237 Å². The maximum absolute atomic E-state index is 16.1. The minimum atomic E-state index is -1.34. The van der Waals surface area contributed by atoms with Crippen LogP contribution < -0.4 is 9.64 Å². The van der Waals surface area contributed by atoms with Crippen LogP contribution in [0, 0.1) is 22.9 Å². The number of nitrogens with zero attached hydrogens (tertiary/aromatic N) is 3. The Bertz CT molecular complexity index is 1380. The lowest BCUT2D eigenvalue weighted by Crippen LogP contribution is -2.41. The summed E-state index contributed by atoms with van der Waals surface area (Å²) in [4.78, 5) is 20.3. The molecule has 0 bridgehead atoms.